The fourth-order valence-electron chi connectivity index (χ4n) is 2.69. The molecule has 1 aliphatic rings. The average molecular weight is 300 g/mol. The van der Waals surface area contributed by atoms with Gasteiger partial charge in [-0.05, 0) is 23.1 Å². The second-order valence-electron chi connectivity index (χ2n) is 5.03. The lowest BCUT2D eigenvalue weighted by molar-refractivity contribution is -0.125. The average Bonchev–Trinajstić information content (AvgIpc) is 3.11. The third-order valence-corrected chi connectivity index (χ3v) is 4.51. The highest BCUT2D eigenvalue weighted by atomic mass is 32.1. The second-order valence-corrected chi connectivity index (χ2v) is 6.07. The number of benzene rings is 1. The van der Waals surface area contributed by atoms with Crippen molar-refractivity contribution in [3.8, 4) is 0 Å². The van der Waals surface area contributed by atoms with E-state index in [9.17, 15) is 9.59 Å². The van der Waals surface area contributed by atoms with Crippen LogP contribution in [0.4, 0.5) is 5.69 Å². The van der Waals surface area contributed by atoms with Crippen molar-refractivity contribution in [3.63, 3.8) is 0 Å². The van der Waals surface area contributed by atoms with Crippen LogP contribution in [0.3, 0.4) is 0 Å². The second kappa shape index (κ2) is 5.69. The first kappa shape index (κ1) is 13.8. The van der Waals surface area contributed by atoms with E-state index in [0.717, 1.165) is 16.1 Å². The number of fused-ring (bicyclic) bond motifs is 1. The van der Waals surface area contributed by atoms with Crippen LogP contribution >= 0.6 is 11.3 Å². The van der Waals surface area contributed by atoms with E-state index >= 15 is 0 Å². The number of nitrogens with zero attached hydrogens (tertiary/aromatic N) is 1. The summed E-state index contributed by atoms with van der Waals surface area (Å²) in [7, 11) is 0. The Morgan fingerprint density at radius 3 is 2.81 bits per heavy atom. The third kappa shape index (κ3) is 2.69. The van der Waals surface area contributed by atoms with E-state index in [2.05, 4.69) is 5.32 Å². The normalized spacial score (nSPS) is 16.6. The van der Waals surface area contributed by atoms with Gasteiger partial charge in [0, 0.05) is 23.9 Å². The van der Waals surface area contributed by atoms with Crippen molar-refractivity contribution in [2.24, 2.45) is 0 Å². The van der Waals surface area contributed by atoms with E-state index in [-0.39, 0.29) is 11.8 Å². The number of carbonyl (C=O) groups is 2. The topological polar surface area (TPSA) is 49.4 Å². The molecule has 0 saturated heterocycles. The standard InChI is InChI=1S/C16H16N2O2S/c1-11(19)18-14-7-3-2-5-12(14)9-15(18)16(20)17-10-13-6-4-8-21-13/h2-8,15H,9-10H2,1H3,(H,17,20). The van der Waals surface area contributed by atoms with E-state index in [1.807, 2.05) is 41.8 Å². The molecule has 1 N–H and O–H groups in total. The summed E-state index contributed by atoms with van der Waals surface area (Å²) in [4.78, 5) is 27.0. The van der Waals surface area contributed by atoms with Crippen molar-refractivity contribution < 1.29 is 9.59 Å². The van der Waals surface area contributed by atoms with Crippen molar-refractivity contribution in [2.45, 2.75) is 25.9 Å². The summed E-state index contributed by atoms with van der Waals surface area (Å²) >= 11 is 1.61. The van der Waals surface area contributed by atoms with Crippen LogP contribution in [0.25, 0.3) is 0 Å². The minimum absolute atomic E-state index is 0.101. The molecular formula is C16H16N2O2S. The lowest BCUT2D eigenvalue weighted by atomic mass is 10.1. The first-order valence-electron chi connectivity index (χ1n) is 6.84. The maximum atomic E-state index is 12.4. The predicted molar refractivity (Wildman–Crippen MR) is 83.3 cm³/mol. The van der Waals surface area contributed by atoms with Gasteiger partial charge >= 0.3 is 0 Å². The smallest absolute Gasteiger partial charge is 0.243 e. The zero-order valence-electron chi connectivity index (χ0n) is 11.7. The number of hydrogen-bond acceptors (Lipinski definition) is 3. The molecule has 0 spiro atoms. The molecule has 1 unspecified atom stereocenters. The van der Waals surface area contributed by atoms with Gasteiger partial charge in [-0.1, -0.05) is 24.3 Å². The van der Waals surface area contributed by atoms with Crippen LogP contribution in [-0.2, 0) is 22.6 Å². The summed E-state index contributed by atoms with van der Waals surface area (Å²) in [5.74, 6) is -0.203. The van der Waals surface area contributed by atoms with E-state index in [1.165, 1.54) is 6.92 Å². The Labute approximate surface area is 127 Å². The lowest BCUT2D eigenvalue weighted by Gasteiger charge is -2.23. The molecule has 1 aliphatic heterocycles. The number of carbonyl (C=O) groups excluding carboxylic acids is 2. The fourth-order valence-corrected chi connectivity index (χ4v) is 3.33. The molecule has 1 atom stereocenters. The van der Waals surface area contributed by atoms with Crippen molar-refractivity contribution in [1.82, 2.24) is 5.32 Å². The SMILES string of the molecule is CC(=O)N1c2ccccc2CC1C(=O)NCc1cccs1. The molecule has 2 aromatic rings. The molecule has 3 rings (SSSR count). The number of anilines is 1. The van der Waals surface area contributed by atoms with Crippen molar-refractivity contribution >= 4 is 28.8 Å². The van der Waals surface area contributed by atoms with Gasteiger partial charge in [-0.15, -0.1) is 11.3 Å². The molecule has 0 bridgehead atoms. The van der Waals surface area contributed by atoms with Crippen LogP contribution in [0.15, 0.2) is 41.8 Å². The van der Waals surface area contributed by atoms with Crippen molar-refractivity contribution in [2.75, 3.05) is 4.90 Å². The van der Waals surface area contributed by atoms with E-state index in [1.54, 1.807) is 16.2 Å². The maximum absolute atomic E-state index is 12.4. The summed E-state index contributed by atoms with van der Waals surface area (Å²) in [6.45, 7) is 2.01. The quantitative estimate of drug-likeness (QED) is 0.946. The molecular weight excluding hydrogens is 284 g/mol. The Balaban J connectivity index is 1.76. The molecule has 21 heavy (non-hydrogen) atoms. The van der Waals surface area contributed by atoms with Crippen LogP contribution in [0.2, 0.25) is 0 Å². The summed E-state index contributed by atoms with van der Waals surface area (Å²) in [5, 5.41) is 4.91. The molecule has 1 aromatic carbocycles. The number of hydrogen-bond donors (Lipinski definition) is 1. The van der Waals surface area contributed by atoms with Crippen LogP contribution < -0.4 is 10.2 Å². The molecule has 0 saturated carbocycles. The monoisotopic (exact) mass is 300 g/mol. The Morgan fingerprint density at radius 1 is 1.29 bits per heavy atom. The van der Waals surface area contributed by atoms with E-state index in [0.29, 0.717) is 13.0 Å². The molecule has 2 heterocycles. The highest BCUT2D eigenvalue weighted by Gasteiger charge is 2.36. The predicted octanol–water partition coefficient (Wildman–Crippen LogP) is 2.34. The zero-order valence-corrected chi connectivity index (χ0v) is 12.5. The van der Waals surface area contributed by atoms with Crippen LogP contribution in [0.1, 0.15) is 17.4 Å². The molecule has 5 heteroatoms. The van der Waals surface area contributed by atoms with Gasteiger partial charge in [0.15, 0.2) is 0 Å². The summed E-state index contributed by atoms with van der Waals surface area (Å²) in [5.41, 5.74) is 1.89. The molecule has 2 amide bonds. The Morgan fingerprint density at radius 2 is 2.10 bits per heavy atom. The van der Waals surface area contributed by atoms with Gasteiger partial charge in [0.25, 0.3) is 0 Å². The summed E-state index contributed by atoms with van der Waals surface area (Å²) < 4.78 is 0. The minimum atomic E-state index is -0.445. The Hall–Kier alpha value is -2.14. The lowest BCUT2D eigenvalue weighted by Crippen LogP contribution is -2.47. The number of nitrogens with one attached hydrogen (secondary N) is 1. The Kier molecular flexibility index (Phi) is 3.75. The minimum Gasteiger partial charge on any atom is -0.349 e. The maximum Gasteiger partial charge on any atom is 0.243 e. The van der Waals surface area contributed by atoms with E-state index in [4.69, 9.17) is 0 Å². The molecule has 1 aromatic heterocycles. The molecule has 0 fully saturated rings. The Bertz CT molecular complexity index is 667. The molecule has 4 nitrogen and oxygen atoms in total. The molecule has 108 valence electrons. The van der Waals surface area contributed by atoms with Gasteiger partial charge in [-0.3, -0.25) is 14.5 Å². The number of para-hydroxylation sites is 1. The number of thiophene rings is 1. The van der Waals surface area contributed by atoms with Crippen LogP contribution in [-0.4, -0.2) is 17.9 Å². The first-order chi connectivity index (χ1) is 10.2. The largest absolute Gasteiger partial charge is 0.349 e. The molecule has 0 aliphatic carbocycles. The summed E-state index contributed by atoms with van der Waals surface area (Å²) in [6, 6.07) is 11.2. The van der Waals surface area contributed by atoms with Crippen LogP contribution in [0, 0.1) is 0 Å². The highest BCUT2D eigenvalue weighted by Crippen LogP contribution is 2.32. The van der Waals surface area contributed by atoms with Gasteiger partial charge < -0.3 is 5.32 Å². The fraction of sp³-hybridized carbons (Fsp3) is 0.250. The zero-order chi connectivity index (χ0) is 14.8. The van der Waals surface area contributed by atoms with Crippen LogP contribution in [0.5, 0.6) is 0 Å². The van der Waals surface area contributed by atoms with Gasteiger partial charge in [-0.25, -0.2) is 0 Å². The van der Waals surface area contributed by atoms with Gasteiger partial charge in [0.2, 0.25) is 11.8 Å². The van der Waals surface area contributed by atoms with Gasteiger partial charge in [-0.2, -0.15) is 0 Å². The molecule has 0 radical (unpaired) electrons. The third-order valence-electron chi connectivity index (χ3n) is 3.63. The van der Waals surface area contributed by atoms with Gasteiger partial charge in [0.1, 0.15) is 6.04 Å². The number of amides is 2. The number of rotatable bonds is 3. The van der Waals surface area contributed by atoms with Crippen molar-refractivity contribution in [1.29, 1.82) is 0 Å². The van der Waals surface area contributed by atoms with Gasteiger partial charge in [0.05, 0.1) is 6.54 Å². The first-order valence-corrected chi connectivity index (χ1v) is 7.72. The van der Waals surface area contributed by atoms with Crippen molar-refractivity contribution in [3.05, 3.63) is 52.2 Å². The summed E-state index contributed by atoms with van der Waals surface area (Å²) in [6.07, 6.45) is 0.575. The highest BCUT2D eigenvalue weighted by molar-refractivity contribution is 7.09. The van der Waals surface area contributed by atoms with E-state index < -0.39 is 6.04 Å².